The van der Waals surface area contributed by atoms with Crippen molar-refractivity contribution in [3.63, 3.8) is 0 Å². The summed E-state index contributed by atoms with van der Waals surface area (Å²) in [6.07, 6.45) is 3.89. The Morgan fingerprint density at radius 1 is 1.43 bits per heavy atom. The highest BCUT2D eigenvalue weighted by Crippen LogP contribution is 2.27. The number of aromatic nitrogens is 4. The summed E-state index contributed by atoms with van der Waals surface area (Å²) in [6.45, 7) is 6.76. The van der Waals surface area contributed by atoms with Crippen LogP contribution in [0.15, 0.2) is 11.0 Å². The highest BCUT2D eigenvalue weighted by Gasteiger charge is 2.22. The number of anilines is 1. The van der Waals surface area contributed by atoms with Crippen LogP contribution in [0.4, 0.5) is 5.95 Å². The predicted octanol–water partition coefficient (Wildman–Crippen LogP) is 0.813. The smallest absolute Gasteiger partial charge is 0.263 e. The zero-order valence-corrected chi connectivity index (χ0v) is 13.6. The van der Waals surface area contributed by atoms with E-state index in [0.29, 0.717) is 17.0 Å². The SMILES string of the molecule is CC(C)(C)n1ncc2c(=O)[nH]c(NCC(=O)NCC3CC3)nc21. The number of carbonyl (C=O) groups excluding carboxylic acids is 1. The molecule has 8 nitrogen and oxygen atoms in total. The Hall–Kier alpha value is -2.38. The first kappa shape index (κ1) is 15.5. The lowest BCUT2D eigenvalue weighted by atomic mass is 10.1. The molecule has 0 aliphatic heterocycles. The molecule has 2 aromatic rings. The van der Waals surface area contributed by atoms with Crippen molar-refractivity contribution >= 4 is 22.9 Å². The molecule has 2 aromatic heterocycles. The summed E-state index contributed by atoms with van der Waals surface area (Å²) in [5.74, 6) is 0.799. The molecule has 1 fully saturated rings. The largest absolute Gasteiger partial charge is 0.354 e. The van der Waals surface area contributed by atoms with Gasteiger partial charge in [0.25, 0.3) is 5.56 Å². The Bertz CT molecular complexity index is 781. The van der Waals surface area contributed by atoms with Crippen LogP contribution >= 0.6 is 0 Å². The summed E-state index contributed by atoms with van der Waals surface area (Å²) in [5, 5.41) is 10.4. The van der Waals surface area contributed by atoms with Crippen molar-refractivity contribution in [3.8, 4) is 0 Å². The lowest BCUT2D eigenvalue weighted by Gasteiger charge is -2.19. The van der Waals surface area contributed by atoms with Crippen LogP contribution in [0.1, 0.15) is 33.6 Å². The van der Waals surface area contributed by atoms with Crippen molar-refractivity contribution in [3.05, 3.63) is 16.6 Å². The second-order valence-electron chi connectivity index (χ2n) is 6.98. The predicted molar refractivity (Wildman–Crippen MR) is 87.4 cm³/mol. The van der Waals surface area contributed by atoms with Gasteiger partial charge in [-0.15, -0.1) is 0 Å². The van der Waals surface area contributed by atoms with E-state index in [4.69, 9.17) is 0 Å². The van der Waals surface area contributed by atoms with Gasteiger partial charge in [0.2, 0.25) is 11.9 Å². The van der Waals surface area contributed by atoms with Crippen LogP contribution in [-0.4, -0.2) is 38.7 Å². The van der Waals surface area contributed by atoms with Gasteiger partial charge >= 0.3 is 0 Å². The maximum atomic E-state index is 12.1. The first-order valence-electron chi connectivity index (χ1n) is 7.83. The van der Waals surface area contributed by atoms with E-state index in [0.717, 1.165) is 6.54 Å². The van der Waals surface area contributed by atoms with Gasteiger partial charge in [-0.1, -0.05) is 0 Å². The van der Waals surface area contributed by atoms with Crippen LogP contribution in [0.3, 0.4) is 0 Å². The Balaban J connectivity index is 1.75. The third-order valence-corrected chi connectivity index (χ3v) is 3.77. The van der Waals surface area contributed by atoms with Crippen molar-refractivity contribution in [2.45, 2.75) is 39.2 Å². The number of fused-ring (bicyclic) bond motifs is 1. The van der Waals surface area contributed by atoms with E-state index in [1.54, 1.807) is 4.68 Å². The van der Waals surface area contributed by atoms with Crippen molar-refractivity contribution < 1.29 is 4.79 Å². The van der Waals surface area contributed by atoms with Crippen LogP contribution < -0.4 is 16.2 Å². The molecular formula is C15H22N6O2. The Morgan fingerprint density at radius 2 is 2.17 bits per heavy atom. The van der Waals surface area contributed by atoms with E-state index in [2.05, 4.69) is 25.7 Å². The molecule has 1 aliphatic carbocycles. The van der Waals surface area contributed by atoms with Crippen LogP contribution in [0.2, 0.25) is 0 Å². The van der Waals surface area contributed by atoms with Gasteiger partial charge in [-0.05, 0) is 39.5 Å². The van der Waals surface area contributed by atoms with Gasteiger partial charge in [-0.3, -0.25) is 14.6 Å². The molecule has 0 atom stereocenters. The fourth-order valence-corrected chi connectivity index (χ4v) is 2.30. The first-order valence-corrected chi connectivity index (χ1v) is 7.83. The fraction of sp³-hybridized carbons (Fsp3) is 0.600. The van der Waals surface area contributed by atoms with E-state index in [1.165, 1.54) is 19.0 Å². The van der Waals surface area contributed by atoms with Gasteiger partial charge in [0.1, 0.15) is 5.39 Å². The van der Waals surface area contributed by atoms with E-state index < -0.39 is 0 Å². The molecule has 3 N–H and O–H groups in total. The summed E-state index contributed by atoms with van der Waals surface area (Å²) in [4.78, 5) is 30.9. The monoisotopic (exact) mass is 318 g/mol. The number of hydrogen-bond donors (Lipinski definition) is 3. The van der Waals surface area contributed by atoms with Crippen molar-refractivity contribution in [2.24, 2.45) is 5.92 Å². The number of rotatable bonds is 5. The minimum atomic E-state index is -0.290. The molecule has 0 radical (unpaired) electrons. The standard InChI is InChI=1S/C15H22N6O2/c1-15(2,3)21-12-10(7-18-21)13(23)20-14(19-12)17-8-11(22)16-6-9-4-5-9/h7,9H,4-6,8H2,1-3H3,(H,16,22)(H2,17,19,20,23). The Kier molecular flexibility index (Phi) is 3.83. The number of hydrogen-bond acceptors (Lipinski definition) is 5. The molecule has 0 unspecified atom stereocenters. The Labute approximate surface area is 133 Å². The Morgan fingerprint density at radius 3 is 2.83 bits per heavy atom. The van der Waals surface area contributed by atoms with E-state index >= 15 is 0 Å². The quantitative estimate of drug-likeness (QED) is 0.757. The number of aromatic amines is 1. The molecule has 0 spiro atoms. The summed E-state index contributed by atoms with van der Waals surface area (Å²) in [5.41, 5.74) is -0.0601. The van der Waals surface area contributed by atoms with Crippen LogP contribution in [-0.2, 0) is 10.3 Å². The molecule has 8 heteroatoms. The van der Waals surface area contributed by atoms with Gasteiger partial charge in [0.15, 0.2) is 5.65 Å². The highest BCUT2D eigenvalue weighted by molar-refractivity contribution is 5.80. The lowest BCUT2D eigenvalue weighted by molar-refractivity contribution is -0.119. The summed E-state index contributed by atoms with van der Waals surface area (Å²) in [6, 6.07) is 0. The van der Waals surface area contributed by atoms with Gasteiger partial charge in [-0.2, -0.15) is 10.1 Å². The second kappa shape index (κ2) is 5.68. The van der Waals surface area contributed by atoms with E-state index in [-0.39, 0.29) is 29.5 Å². The normalized spacial score (nSPS) is 14.9. The molecular weight excluding hydrogens is 296 g/mol. The highest BCUT2D eigenvalue weighted by atomic mass is 16.2. The number of carbonyl (C=O) groups is 1. The molecule has 0 bridgehead atoms. The maximum absolute atomic E-state index is 12.1. The topological polar surface area (TPSA) is 105 Å². The number of amides is 1. The maximum Gasteiger partial charge on any atom is 0.263 e. The number of H-pyrrole nitrogens is 1. The molecule has 124 valence electrons. The molecule has 0 saturated heterocycles. The minimum Gasteiger partial charge on any atom is -0.354 e. The van der Waals surface area contributed by atoms with E-state index in [1.807, 2.05) is 20.8 Å². The van der Waals surface area contributed by atoms with E-state index in [9.17, 15) is 9.59 Å². The van der Waals surface area contributed by atoms with Crippen LogP contribution in [0.25, 0.3) is 11.0 Å². The summed E-state index contributed by atoms with van der Waals surface area (Å²) >= 11 is 0. The average Bonchev–Trinajstić information content (AvgIpc) is 3.19. The van der Waals surface area contributed by atoms with Gasteiger partial charge in [0.05, 0.1) is 18.3 Å². The number of nitrogens with one attached hydrogen (secondary N) is 3. The molecule has 0 aromatic carbocycles. The zero-order valence-electron chi connectivity index (χ0n) is 13.6. The molecule has 1 aliphatic rings. The molecule has 23 heavy (non-hydrogen) atoms. The average molecular weight is 318 g/mol. The van der Waals surface area contributed by atoms with Crippen molar-refractivity contribution in [1.29, 1.82) is 0 Å². The minimum absolute atomic E-state index is 0.0742. The molecule has 2 heterocycles. The lowest BCUT2D eigenvalue weighted by Crippen LogP contribution is -2.32. The number of nitrogens with zero attached hydrogens (tertiary/aromatic N) is 3. The molecule has 3 rings (SSSR count). The van der Waals surface area contributed by atoms with Crippen molar-refractivity contribution in [2.75, 3.05) is 18.4 Å². The summed E-state index contributed by atoms with van der Waals surface area (Å²) < 4.78 is 1.70. The third-order valence-electron chi connectivity index (χ3n) is 3.77. The third kappa shape index (κ3) is 3.52. The molecule has 1 saturated carbocycles. The van der Waals surface area contributed by atoms with Gasteiger partial charge in [-0.25, -0.2) is 4.68 Å². The van der Waals surface area contributed by atoms with Gasteiger partial charge in [0, 0.05) is 6.54 Å². The second-order valence-corrected chi connectivity index (χ2v) is 6.98. The zero-order chi connectivity index (χ0) is 16.6. The van der Waals surface area contributed by atoms with Crippen LogP contribution in [0, 0.1) is 5.92 Å². The fourth-order valence-electron chi connectivity index (χ4n) is 2.30. The first-order chi connectivity index (χ1) is 10.8. The van der Waals surface area contributed by atoms with Crippen LogP contribution in [0.5, 0.6) is 0 Å². The summed E-state index contributed by atoms with van der Waals surface area (Å²) in [7, 11) is 0. The van der Waals surface area contributed by atoms with Crippen molar-refractivity contribution in [1.82, 2.24) is 25.1 Å². The molecule has 1 amide bonds. The van der Waals surface area contributed by atoms with Gasteiger partial charge < -0.3 is 10.6 Å².